The molecule has 0 fully saturated rings. The van der Waals surface area contributed by atoms with Crippen molar-refractivity contribution in [3.8, 4) is 0 Å². The number of nitrogens with zero attached hydrogens (tertiary/aromatic N) is 2. The summed E-state index contributed by atoms with van der Waals surface area (Å²) in [6.45, 7) is 4.21. The van der Waals surface area contributed by atoms with Gasteiger partial charge in [0.25, 0.3) is 0 Å². The predicted octanol–water partition coefficient (Wildman–Crippen LogP) is 4.89. The molecule has 2 aromatic heterocycles. The molecule has 5 nitrogen and oxygen atoms in total. The Morgan fingerprint density at radius 1 is 1.14 bits per heavy atom. The van der Waals surface area contributed by atoms with Crippen LogP contribution >= 0.6 is 0 Å². The molecule has 1 atom stereocenters. The van der Waals surface area contributed by atoms with E-state index in [4.69, 9.17) is 0 Å². The number of hydrogen-bond donors (Lipinski definition) is 2. The quantitative estimate of drug-likeness (QED) is 0.473. The zero-order chi connectivity index (χ0) is 20.4. The molecule has 2 aromatic carbocycles. The second-order valence-electron chi connectivity index (χ2n) is 8.06. The van der Waals surface area contributed by atoms with Crippen LogP contribution in [0, 0.1) is 5.92 Å². The highest BCUT2D eigenvalue weighted by Crippen LogP contribution is 2.24. The largest absolute Gasteiger partial charge is 0.350 e. The number of aromatic amines is 1. The van der Waals surface area contributed by atoms with Crippen molar-refractivity contribution in [1.82, 2.24) is 19.9 Å². The molecule has 2 N–H and O–H groups in total. The highest BCUT2D eigenvalue weighted by molar-refractivity contribution is 5.84. The number of benzene rings is 2. The molecule has 4 rings (SSSR count). The Hall–Kier alpha value is -3.08. The maximum atomic E-state index is 12.6. The van der Waals surface area contributed by atoms with Crippen molar-refractivity contribution in [1.29, 1.82) is 0 Å². The molecule has 0 spiro atoms. The Labute approximate surface area is 171 Å². The summed E-state index contributed by atoms with van der Waals surface area (Å²) in [6, 6.07) is 16.3. The van der Waals surface area contributed by atoms with Crippen LogP contribution < -0.4 is 5.32 Å². The number of nitrogens with one attached hydrogen (secondary N) is 2. The Morgan fingerprint density at radius 3 is 2.69 bits per heavy atom. The fourth-order valence-electron chi connectivity index (χ4n) is 3.98. The third-order valence-corrected chi connectivity index (χ3v) is 5.51. The summed E-state index contributed by atoms with van der Waals surface area (Å²) >= 11 is 0. The lowest BCUT2D eigenvalue weighted by molar-refractivity contribution is -0.122. The Kier molecular flexibility index (Phi) is 5.38. The van der Waals surface area contributed by atoms with Crippen LogP contribution in [-0.2, 0) is 18.3 Å². The number of amides is 1. The zero-order valence-corrected chi connectivity index (χ0v) is 17.3. The highest BCUT2D eigenvalue weighted by atomic mass is 16.1. The van der Waals surface area contributed by atoms with Crippen LogP contribution in [0.5, 0.6) is 0 Å². The number of carbonyl (C=O) groups excluding carboxylic acids is 1. The maximum Gasteiger partial charge on any atom is 0.220 e. The first kappa shape index (κ1) is 19.2. The Morgan fingerprint density at radius 2 is 1.90 bits per heavy atom. The third kappa shape index (κ3) is 4.04. The SMILES string of the molecule is CC(C)C(NC(=O)CCCc1cn(C)c2ccccc12)c1nc2ccccc2[nH]1. The molecular weight excluding hydrogens is 360 g/mol. The molecule has 4 aromatic rings. The molecule has 0 aliphatic heterocycles. The molecule has 5 heteroatoms. The van der Waals surface area contributed by atoms with E-state index in [9.17, 15) is 4.79 Å². The van der Waals surface area contributed by atoms with E-state index in [1.54, 1.807) is 0 Å². The number of carbonyl (C=O) groups is 1. The lowest BCUT2D eigenvalue weighted by Crippen LogP contribution is -2.32. The van der Waals surface area contributed by atoms with Gasteiger partial charge in [0, 0.05) is 30.6 Å². The molecule has 0 saturated heterocycles. The van der Waals surface area contributed by atoms with E-state index in [1.165, 1.54) is 16.5 Å². The molecule has 0 aliphatic carbocycles. The summed E-state index contributed by atoms with van der Waals surface area (Å²) in [7, 11) is 2.07. The van der Waals surface area contributed by atoms with Gasteiger partial charge in [0.2, 0.25) is 5.91 Å². The smallest absolute Gasteiger partial charge is 0.220 e. The van der Waals surface area contributed by atoms with Crippen LogP contribution in [0.2, 0.25) is 0 Å². The second-order valence-corrected chi connectivity index (χ2v) is 8.06. The lowest BCUT2D eigenvalue weighted by atomic mass is 10.0. The van der Waals surface area contributed by atoms with Crippen molar-refractivity contribution in [2.45, 2.75) is 39.2 Å². The molecule has 150 valence electrons. The van der Waals surface area contributed by atoms with Crippen molar-refractivity contribution in [2.24, 2.45) is 13.0 Å². The van der Waals surface area contributed by atoms with Gasteiger partial charge in [-0.15, -0.1) is 0 Å². The molecule has 1 unspecified atom stereocenters. The molecule has 0 radical (unpaired) electrons. The molecule has 2 heterocycles. The first-order valence-corrected chi connectivity index (χ1v) is 10.3. The van der Waals surface area contributed by atoms with E-state index < -0.39 is 0 Å². The Balaban J connectivity index is 1.39. The van der Waals surface area contributed by atoms with Gasteiger partial charge in [-0.1, -0.05) is 44.2 Å². The van der Waals surface area contributed by atoms with Gasteiger partial charge in [-0.3, -0.25) is 4.79 Å². The van der Waals surface area contributed by atoms with Crippen LogP contribution in [0.3, 0.4) is 0 Å². The minimum atomic E-state index is -0.118. The van der Waals surface area contributed by atoms with E-state index in [0.717, 1.165) is 29.7 Å². The van der Waals surface area contributed by atoms with Gasteiger partial charge in [-0.2, -0.15) is 0 Å². The Bertz CT molecular complexity index is 1110. The first-order valence-electron chi connectivity index (χ1n) is 10.3. The number of imidazole rings is 1. The van der Waals surface area contributed by atoms with Crippen molar-refractivity contribution >= 4 is 27.8 Å². The number of aryl methyl sites for hydroxylation is 2. The average Bonchev–Trinajstić information content (AvgIpc) is 3.27. The molecule has 1 amide bonds. The molecule has 0 aliphatic rings. The highest BCUT2D eigenvalue weighted by Gasteiger charge is 2.21. The number of H-pyrrole nitrogens is 1. The lowest BCUT2D eigenvalue weighted by Gasteiger charge is -2.20. The molecule has 29 heavy (non-hydrogen) atoms. The fourth-order valence-corrected chi connectivity index (χ4v) is 3.98. The van der Waals surface area contributed by atoms with Crippen molar-refractivity contribution in [3.05, 3.63) is 66.1 Å². The third-order valence-electron chi connectivity index (χ3n) is 5.51. The van der Waals surface area contributed by atoms with Gasteiger partial charge in [0.1, 0.15) is 5.82 Å². The minimum absolute atomic E-state index is 0.0735. The van der Waals surface area contributed by atoms with Crippen LogP contribution in [0.1, 0.15) is 44.1 Å². The van der Waals surface area contributed by atoms with Crippen molar-refractivity contribution in [2.75, 3.05) is 0 Å². The molecular formula is C24H28N4O. The number of rotatable bonds is 7. The predicted molar refractivity (Wildman–Crippen MR) is 118 cm³/mol. The van der Waals surface area contributed by atoms with Crippen molar-refractivity contribution in [3.63, 3.8) is 0 Å². The number of hydrogen-bond acceptors (Lipinski definition) is 2. The summed E-state index contributed by atoms with van der Waals surface area (Å²) in [6.07, 6.45) is 4.40. The van der Waals surface area contributed by atoms with E-state index in [2.05, 4.69) is 71.2 Å². The summed E-state index contributed by atoms with van der Waals surface area (Å²) in [5.74, 6) is 1.14. The van der Waals surface area contributed by atoms with Crippen molar-refractivity contribution < 1.29 is 4.79 Å². The monoisotopic (exact) mass is 388 g/mol. The normalized spacial score (nSPS) is 12.7. The van der Waals surface area contributed by atoms with Crippen LogP contribution in [-0.4, -0.2) is 20.4 Å². The number of para-hydroxylation sites is 3. The van der Waals surface area contributed by atoms with Crippen LogP contribution in [0.25, 0.3) is 21.9 Å². The van der Waals surface area contributed by atoms with Crippen LogP contribution in [0.4, 0.5) is 0 Å². The van der Waals surface area contributed by atoms with Gasteiger partial charge in [-0.05, 0) is 42.5 Å². The van der Waals surface area contributed by atoms with E-state index in [1.807, 2.05) is 24.3 Å². The van der Waals surface area contributed by atoms with Gasteiger partial charge >= 0.3 is 0 Å². The summed E-state index contributed by atoms with van der Waals surface area (Å²) in [4.78, 5) is 20.7. The van der Waals surface area contributed by atoms with Gasteiger partial charge in [0.15, 0.2) is 0 Å². The van der Waals surface area contributed by atoms with Gasteiger partial charge < -0.3 is 14.9 Å². The summed E-state index contributed by atoms with van der Waals surface area (Å²) in [5, 5.41) is 4.46. The first-order chi connectivity index (χ1) is 14.0. The maximum absolute atomic E-state index is 12.6. The minimum Gasteiger partial charge on any atom is -0.350 e. The van der Waals surface area contributed by atoms with Crippen LogP contribution in [0.15, 0.2) is 54.7 Å². The van der Waals surface area contributed by atoms with E-state index in [0.29, 0.717) is 6.42 Å². The zero-order valence-electron chi connectivity index (χ0n) is 17.3. The van der Waals surface area contributed by atoms with E-state index in [-0.39, 0.29) is 17.9 Å². The standard InChI is InChI=1S/C24H28N4O/c1-16(2)23(24-25-19-11-5-6-12-20(19)26-24)27-22(29)14-8-9-17-15-28(3)21-13-7-4-10-18(17)21/h4-7,10-13,15-16,23H,8-9,14H2,1-3H3,(H,25,26)(H,27,29). The molecule has 0 bridgehead atoms. The average molecular weight is 389 g/mol. The summed E-state index contributed by atoms with van der Waals surface area (Å²) in [5.41, 5.74) is 4.46. The van der Waals surface area contributed by atoms with E-state index >= 15 is 0 Å². The number of fused-ring (bicyclic) bond motifs is 2. The van der Waals surface area contributed by atoms with Gasteiger partial charge in [-0.25, -0.2) is 4.98 Å². The summed E-state index contributed by atoms with van der Waals surface area (Å²) < 4.78 is 2.15. The topological polar surface area (TPSA) is 62.7 Å². The molecule has 0 saturated carbocycles. The number of aromatic nitrogens is 3. The van der Waals surface area contributed by atoms with Gasteiger partial charge in [0.05, 0.1) is 17.1 Å². The fraction of sp³-hybridized carbons (Fsp3) is 0.333. The second kappa shape index (κ2) is 8.11.